The molecular formula is C12H19F2N3O2. The van der Waals surface area contributed by atoms with Crippen molar-refractivity contribution < 1.29 is 18.0 Å². The number of ether oxygens (including phenoxy) is 1. The van der Waals surface area contributed by atoms with E-state index in [0.717, 1.165) is 19.5 Å². The molecule has 19 heavy (non-hydrogen) atoms. The van der Waals surface area contributed by atoms with Gasteiger partial charge in [0.25, 0.3) is 6.43 Å². The lowest BCUT2D eigenvalue weighted by Crippen LogP contribution is -2.30. The third-order valence-corrected chi connectivity index (χ3v) is 3.09. The number of hydrogen-bond donors (Lipinski definition) is 1. The van der Waals surface area contributed by atoms with Crippen LogP contribution in [0.1, 0.15) is 24.6 Å². The fourth-order valence-electron chi connectivity index (χ4n) is 2.16. The Hall–Kier alpha value is -1.08. The minimum absolute atomic E-state index is 0.189. The number of aromatic nitrogens is 2. The van der Waals surface area contributed by atoms with Gasteiger partial charge in [-0.3, -0.25) is 0 Å². The molecule has 0 amide bonds. The number of hydrogen-bond acceptors (Lipinski definition) is 5. The monoisotopic (exact) mass is 275 g/mol. The summed E-state index contributed by atoms with van der Waals surface area (Å²) in [6.45, 7) is 1.70. The first-order valence-corrected chi connectivity index (χ1v) is 6.62. The summed E-state index contributed by atoms with van der Waals surface area (Å²) in [6, 6.07) is 0. The molecule has 1 saturated heterocycles. The molecule has 5 nitrogen and oxygen atoms in total. The van der Waals surface area contributed by atoms with Crippen molar-refractivity contribution in [3.63, 3.8) is 0 Å². The van der Waals surface area contributed by atoms with Crippen molar-refractivity contribution in [2.24, 2.45) is 5.92 Å². The average molecular weight is 275 g/mol. The topological polar surface area (TPSA) is 60.2 Å². The van der Waals surface area contributed by atoms with Crippen molar-refractivity contribution in [3.8, 4) is 0 Å². The molecule has 0 radical (unpaired) electrons. The van der Waals surface area contributed by atoms with E-state index in [-0.39, 0.29) is 6.61 Å². The zero-order valence-corrected chi connectivity index (χ0v) is 10.8. The third-order valence-electron chi connectivity index (χ3n) is 3.09. The maximum Gasteiger partial charge on any atom is 0.261 e. The molecular weight excluding hydrogens is 256 g/mol. The highest BCUT2D eigenvalue weighted by atomic mass is 19.3. The van der Waals surface area contributed by atoms with E-state index in [1.54, 1.807) is 0 Å². The number of piperidine rings is 1. The molecule has 1 fully saturated rings. The van der Waals surface area contributed by atoms with Crippen molar-refractivity contribution >= 4 is 0 Å². The lowest BCUT2D eigenvalue weighted by molar-refractivity contribution is 0.0182. The Morgan fingerprint density at radius 3 is 3.11 bits per heavy atom. The molecule has 0 spiro atoms. The van der Waals surface area contributed by atoms with Crippen molar-refractivity contribution in [1.29, 1.82) is 0 Å². The quantitative estimate of drug-likeness (QED) is 0.763. The van der Waals surface area contributed by atoms with Gasteiger partial charge in [-0.1, -0.05) is 5.16 Å². The van der Waals surface area contributed by atoms with Crippen LogP contribution < -0.4 is 5.32 Å². The predicted octanol–water partition coefficient (Wildman–Crippen LogP) is 1.44. The maximum atomic E-state index is 11.8. The van der Waals surface area contributed by atoms with Crippen molar-refractivity contribution in [1.82, 2.24) is 15.5 Å². The Kier molecular flexibility index (Phi) is 5.65. The first kappa shape index (κ1) is 14.3. The SMILES string of the molecule is FC(F)COCCc1noc(CC2CCCNC2)n1. The van der Waals surface area contributed by atoms with Crippen LogP contribution in [0, 0.1) is 5.92 Å². The molecule has 108 valence electrons. The zero-order chi connectivity index (χ0) is 13.5. The van der Waals surface area contributed by atoms with Crippen LogP contribution in [0.25, 0.3) is 0 Å². The highest BCUT2D eigenvalue weighted by Crippen LogP contribution is 2.15. The second kappa shape index (κ2) is 7.49. The Labute approximate surface area is 110 Å². The van der Waals surface area contributed by atoms with E-state index in [4.69, 9.17) is 9.26 Å². The number of halogens is 2. The maximum absolute atomic E-state index is 11.8. The minimum Gasteiger partial charge on any atom is -0.375 e. The number of nitrogens with one attached hydrogen (secondary N) is 1. The van der Waals surface area contributed by atoms with Gasteiger partial charge in [-0.25, -0.2) is 8.78 Å². The van der Waals surface area contributed by atoms with Gasteiger partial charge in [0.1, 0.15) is 6.61 Å². The Morgan fingerprint density at radius 1 is 1.47 bits per heavy atom. The van der Waals surface area contributed by atoms with Gasteiger partial charge < -0.3 is 14.6 Å². The predicted molar refractivity (Wildman–Crippen MR) is 64.1 cm³/mol. The standard InChI is InChI=1S/C12H19F2N3O2/c13-10(14)8-18-5-3-11-16-12(19-17-11)6-9-2-1-4-15-7-9/h9-10,15H,1-8H2. The molecule has 1 N–H and O–H groups in total. The molecule has 1 aromatic heterocycles. The number of nitrogens with zero attached hydrogens (tertiary/aromatic N) is 2. The van der Waals surface area contributed by atoms with Gasteiger partial charge in [-0.05, 0) is 31.8 Å². The molecule has 7 heteroatoms. The Morgan fingerprint density at radius 2 is 2.37 bits per heavy atom. The van der Waals surface area contributed by atoms with Crippen LogP contribution in [0.4, 0.5) is 8.78 Å². The van der Waals surface area contributed by atoms with E-state index in [9.17, 15) is 8.78 Å². The second-order valence-corrected chi connectivity index (χ2v) is 4.74. The Bertz CT molecular complexity index is 368. The van der Waals surface area contributed by atoms with Crippen LogP contribution in [0.5, 0.6) is 0 Å². The summed E-state index contributed by atoms with van der Waals surface area (Å²) < 4.78 is 33.6. The molecule has 2 rings (SSSR count). The van der Waals surface area contributed by atoms with E-state index in [0.29, 0.717) is 24.1 Å². The van der Waals surface area contributed by atoms with E-state index < -0.39 is 13.0 Å². The van der Waals surface area contributed by atoms with Gasteiger partial charge in [0.2, 0.25) is 5.89 Å². The first-order chi connectivity index (χ1) is 9.24. The van der Waals surface area contributed by atoms with E-state index in [2.05, 4.69) is 15.5 Å². The molecule has 1 aromatic rings. The van der Waals surface area contributed by atoms with Gasteiger partial charge in [-0.2, -0.15) is 4.98 Å². The molecule has 0 aliphatic carbocycles. The largest absolute Gasteiger partial charge is 0.375 e. The van der Waals surface area contributed by atoms with Crippen LogP contribution >= 0.6 is 0 Å². The highest BCUT2D eigenvalue weighted by molar-refractivity contribution is 4.89. The number of alkyl halides is 2. The van der Waals surface area contributed by atoms with Crippen LogP contribution in [0.15, 0.2) is 4.52 Å². The molecule has 1 atom stereocenters. The molecule has 1 unspecified atom stereocenters. The third kappa shape index (κ3) is 5.20. The van der Waals surface area contributed by atoms with Gasteiger partial charge in [0.15, 0.2) is 5.82 Å². The van der Waals surface area contributed by atoms with Crippen LogP contribution in [-0.2, 0) is 17.6 Å². The summed E-state index contributed by atoms with van der Waals surface area (Å²) in [6.07, 6.45) is 1.09. The average Bonchev–Trinajstić information content (AvgIpc) is 2.83. The second-order valence-electron chi connectivity index (χ2n) is 4.74. The first-order valence-electron chi connectivity index (χ1n) is 6.62. The Balaban J connectivity index is 1.69. The van der Waals surface area contributed by atoms with Crippen molar-refractivity contribution in [2.75, 3.05) is 26.3 Å². The molecule has 0 bridgehead atoms. The van der Waals surface area contributed by atoms with E-state index in [1.165, 1.54) is 12.8 Å². The van der Waals surface area contributed by atoms with Crippen LogP contribution in [0.2, 0.25) is 0 Å². The van der Waals surface area contributed by atoms with Crippen LogP contribution in [0.3, 0.4) is 0 Å². The summed E-state index contributed by atoms with van der Waals surface area (Å²) in [5.74, 6) is 1.68. The van der Waals surface area contributed by atoms with E-state index >= 15 is 0 Å². The normalized spacial score (nSPS) is 20.1. The van der Waals surface area contributed by atoms with Crippen molar-refractivity contribution in [3.05, 3.63) is 11.7 Å². The molecule has 1 aliphatic heterocycles. The lowest BCUT2D eigenvalue weighted by Gasteiger charge is -2.20. The van der Waals surface area contributed by atoms with Crippen molar-refractivity contribution in [2.45, 2.75) is 32.1 Å². The fraction of sp³-hybridized carbons (Fsp3) is 0.833. The summed E-state index contributed by atoms with van der Waals surface area (Å²) in [7, 11) is 0. The summed E-state index contributed by atoms with van der Waals surface area (Å²) >= 11 is 0. The van der Waals surface area contributed by atoms with Gasteiger partial charge in [0, 0.05) is 12.8 Å². The highest BCUT2D eigenvalue weighted by Gasteiger charge is 2.17. The summed E-state index contributed by atoms with van der Waals surface area (Å²) in [5, 5.41) is 7.16. The smallest absolute Gasteiger partial charge is 0.261 e. The number of rotatable bonds is 7. The van der Waals surface area contributed by atoms with Crippen LogP contribution in [-0.4, -0.2) is 42.9 Å². The molecule has 0 aromatic carbocycles. The van der Waals surface area contributed by atoms with Gasteiger partial charge in [0.05, 0.1) is 6.61 Å². The zero-order valence-electron chi connectivity index (χ0n) is 10.8. The lowest BCUT2D eigenvalue weighted by atomic mass is 9.96. The molecule has 1 aliphatic rings. The van der Waals surface area contributed by atoms with Gasteiger partial charge in [-0.15, -0.1) is 0 Å². The summed E-state index contributed by atoms with van der Waals surface area (Å²) in [4.78, 5) is 4.25. The van der Waals surface area contributed by atoms with E-state index in [1.807, 2.05) is 0 Å². The summed E-state index contributed by atoms with van der Waals surface area (Å²) in [5.41, 5.74) is 0. The molecule has 2 heterocycles. The molecule has 0 saturated carbocycles. The minimum atomic E-state index is -2.43. The van der Waals surface area contributed by atoms with Gasteiger partial charge >= 0.3 is 0 Å². The fourth-order valence-corrected chi connectivity index (χ4v) is 2.16.